The van der Waals surface area contributed by atoms with Gasteiger partial charge < -0.3 is 15.4 Å². The summed E-state index contributed by atoms with van der Waals surface area (Å²) >= 11 is 5.81. The highest BCUT2D eigenvalue weighted by Gasteiger charge is 2.32. The zero-order valence-electron chi connectivity index (χ0n) is 14.8. The van der Waals surface area contributed by atoms with E-state index in [0.29, 0.717) is 5.69 Å². The number of aromatic amines is 1. The first-order valence-electron chi connectivity index (χ1n) is 8.32. The number of halogens is 5. The zero-order valence-corrected chi connectivity index (χ0v) is 15.5. The SMILES string of the molecule is Fc1cnc(Nc2ccc3[nH]ncc3c2)nc1Nc1ccc(OC(F)(F)F)c(Cl)c1. The van der Waals surface area contributed by atoms with Gasteiger partial charge in [0.15, 0.2) is 11.6 Å². The summed E-state index contributed by atoms with van der Waals surface area (Å²) < 4.78 is 54.9. The maximum Gasteiger partial charge on any atom is 0.573 e. The molecule has 2 aromatic heterocycles. The van der Waals surface area contributed by atoms with Crippen LogP contribution >= 0.6 is 11.6 Å². The van der Waals surface area contributed by atoms with Gasteiger partial charge in [0.2, 0.25) is 5.95 Å². The van der Waals surface area contributed by atoms with Crippen LogP contribution in [0.5, 0.6) is 5.75 Å². The van der Waals surface area contributed by atoms with Crippen LogP contribution in [0.15, 0.2) is 48.8 Å². The molecule has 0 aliphatic carbocycles. The lowest BCUT2D eigenvalue weighted by Crippen LogP contribution is -2.17. The van der Waals surface area contributed by atoms with E-state index in [-0.39, 0.29) is 22.5 Å². The number of nitrogens with zero attached hydrogens (tertiary/aromatic N) is 3. The number of rotatable bonds is 5. The molecule has 0 unspecified atom stereocenters. The molecule has 0 bridgehead atoms. The Hall–Kier alpha value is -3.60. The molecular formula is C18H11ClF4N6O. The number of ether oxygens (including phenoxy) is 1. The molecule has 0 aliphatic heterocycles. The van der Waals surface area contributed by atoms with Crippen molar-refractivity contribution < 1.29 is 22.3 Å². The van der Waals surface area contributed by atoms with Crippen LogP contribution in [0.1, 0.15) is 0 Å². The monoisotopic (exact) mass is 438 g/mol. The molecule has 0 fully saturated rings. The zero-order chi connectivity index (χ0) is 21.3. The van der Waals surface area contributed by atoms with E-state index < -0.39 is 17.9 Å². The van der Waals surface area contributed by atoms with Crippen molar-refractivity contribution in [3.05, 3.63) is 59.6 Å². The Kier molecular flexibility index (Phi) is 5.04. The highest BCUT2D eigenvalue weighted by molar-refractivity contribution is 6.32. The minimum Gasteiger partial charge on any atom is -0.404 e. The number of hydrogen-bond acceptors (Lipinski definition) is 6. The summed E-state index contributed by atoms with van der Waals surface area (Å²) in [5.41, 5.74) is 1.70. The maximum absolute atomic E-state index is 14.1. The first-order valence-corrected chi connectivity index (χ1v) is 8.70. The first-order chi connectivity index (χ1) is 14.3. The van der Waals surface area contributed by atoms with Crippen molar-refractivity contribution in [3.63, 3.8) is 0 Å². The van der Waals surface area contributed by atoms with E-state index in [4.69, 9.17) is 11.6 Å². The largest absolute Gasteiger partial charge is 0.573 e. The molecule has 30 heavy (non-hydrogen) atoms. The van der Waals surface area contributed by atoms with Crippen LogP contribution < -0.4 is 15.4 Å². The van der Waals surface area contributed by atoms with Gasteiger partial charge in [-0.15, -0.1) is 13.2 Å². The van der Waals surface area contributed by atoms with Crippen molar-refractivity contribution in [1.29, 1.82) is 0 Å². The Morgan fingerprint density at radius 1 is 1.00 bits per heavy atom. The molecule has 0 amide bonds. The topological polar surface area (TPSA) is 87.8 Å². The third kappa shape index (κ3) is 4.51. The second-order valence-electron chi connectivity index (χ2n) is 6.01. The van der Waals surface area contributed by atoms with E-state index in [0.717, 1.165) is 29.2 Å². The van der Waals surface area contributed by atoms with Crippen LogP contribution in [-0.2, 0) is 0 Å². The number of fused-ring (bicyclic) bond motifs is 1. The number of nitrogens with one attached hydrogen (secondary N) is 3. The van der Waals surface area contributed by atoms with Crippen molar-refractivity contribution in [2.24, 2.45) is 0 Å². The lowest BCUT2D eigenvalue weighted by Gasteiger charge is -2.13. The molecule has 0 atom stereocenters. The van der Waals surface area contributed by atoms with E-state index in [2.05, 4.69) is 35.5 Å². The fourth-order valence-electron chi connectivity index (χ4n) is 2.59. The summed E-state index contributed by atoms with van der Waals surface area (Å²) in [6.45, 7) is 0. The summed E-state index contributed by atoms with van der Waals surface area (Å²) in [7, 11) is 0. The lowest BCUT2D eigenvalue weighted by molar-refractivity contribution is -0.274. The van der Waals surface area contributed by atoms with Crippen molar-refractivity contribution in [2.75, 3.05) is 10.6 Å². The summed E-state index contributed by atoms with van der Waals surface area (Å²) in [5.74, 6) is -1.44. The van der Waals surface area contributed by atoms with Gasteiger partial charge in [-0.3, -0.25) is 5.10 Å². The van der Waals surface area contributed by atoms with Crippen molar-refractivity contribution in [2.45, 2.75) is 6.36 Å². The summed E-state index contributed by atoms with van der Waals surface area (Å²) in [6, 6.07) is 8.78. The molecule has 2 aromatic carbocycles. The van der Waals surface area contributed by atoms with Crippen LogP contribution in [0.2, 0.25) is 5.02 Å². The number of hydrogen-bond donors (Lipinski definition) is 3. The van der Waals surface area contributed by atoms with Gasteiger partial charge in [-0.25, -0.2) is 9.37 Å². The van der Waals surface area contributed by atoms with E-state index >= 15 is 0 Å². The van der Waals surface area contributed by atoms with Crippen LogP contribution in [0.4, 0.5) is 40.7 Å². The molecule has 154 valence electrons. The van der Waals surface area contributed by atoms with Crippen LogP contribution in [0.25, 0.3) is 10.9 Å². The van der Waals surface area contributed by atoms with Gasteiger partial charge in [0, 0.05) is 16.8 Å². The van der Waals surface area contributed by atoms with Crippen LogP contribution in [0, 0.1) is 5.82 Å². The van der Waals surface area contributed by atoms with Crippen molar-refractivity contribution >= 4 is 45.6 Å². The average Bonchev–Trinajstić information content (AvgIpc) is 3.13. The Bertz CT molecular complexity index is 1210. The predicted octanol–water partition coefficient (Wildman–Crippen LogP) is 5.53. The number of H-pyrrole nitrogens is 1. The fourth-order valence-corrected chi connectivity index (χ4v) is 2.81. The quantitative estimate of drug-likeness (QED) is 0.355. The maximum atomic E-state index is 14.1. The molecule has 0 saturated carbocycles. The molecule has 0 spiro atoms. The number of benzene rings is 2. The third-order valence-electron chi connectivity index (χ3n) is 3.86. The van der Waals surface area contributed by atoms with Gasteiger partial charge in [-0.2, -0.15) is 10.1 Å². The van der Waals surface area contributed by atoms with Gasteiger partial charge in [-0.1, -0.05) is 11.6 Å². The minimum absolute atomic E-state index is 0.102. The Balaban J connectivity index is 1.54. The Morgan fingerprint density at radius 3 is 2.53 bits per heavy atom. The van der Waals surface area contributed by atoms with Crippen molar-refractivity contribution in [3.8, 4) is 5.75 Å². The second kappa shape index (κ2) is 7.67. The predicted molar refractivity (Wildman–Crippen MR) is 103 cm³/mol. The molecule has 12 heteroatoms. The third-order valence-corrected chi connectivity index (χ3v) is 4.16. The summed E-state index contributed by atoms with van der Waals surface area (Å²) in [4.78, 5) is 7.94. The standard InChI is InChI=1S/C18H11ClF4N6O/c19-12-6-11(2-4-15(12)30-18(21,22)23)26-16-13(20)8-24-17(28-16)27-10-1-3-14-9(5-10)7-25-29-14/h1-8H,(H,25,29)(H2,24,26,27,28). The van der Waals surface area contributed by atoms with E-state index in [1.807, 2.05) is 0 Å². The molecule has 4 rings (SSSR count). The lowest BCUT2D eigenvalue weighted by atomic mass is 10.2. The highest BCUT2D eigenvalue weighted by Crippen LogP contribution is 2.33. The number of aromatic nitrogens is 4. The van der Waals surface area contributed by atoms with E-state index in [9.17, 15) is 17.6 Å². The van der Waals surface area contributed by atoms with E-state index in [1.165, 1.54) is 6.07 Å². The molecule has 0 radical (unpaired) electrons. The molecule has 2 heterocycles. The molecule has 4 aromatic rings. The molecule has 7 nitrogen and oxygen atoms in total. The van der Waals surface area contributed by atoms with Gasteiger partial charge >= 0.3 is 6.36 Å². The number of anilines is 4. The molecular weight excluding hydrogens is 428 g/mol. The van der Waals surface area contributed by atoms with Gasteiger partial charge in [-0.05, 0) is 36.4 Å². The van der Waals surface area contributed by atoms with Gasteiger partial charge in [0.05, 0.1) is 22.9 Å². The smallest absolute Gasteiger partial charge is 0.404 e. The molecule has 3 N–H and O–H groups in total. The van der Waals surface area contributed by atoms with E-state index in [1.54, 1.807) is 24.4 Å². The Morgan fingerprint density at radius 2 is 1.77 bits per heavy atom. The van der Waals surface area contributed by atoms with Crippen LogP contribution in [0.3, 0.4) is 0 Å². The van der Waals surface area contributed by atoms with Gasteiger partial charge in [0.25, 0.3) is 0 Å². The molecule has 0 saturated heterocycles. The average molecular weight is 439 g/mol. The van der Waals surface area contributed by atoms with Crippen molar-refractivity contribution in [1.82, 2.24) is 20.2 Å². The molecule has 0 aliphatic rings. The summed E-state index contributed by atoms with van der Waals surface area (Å²) in [6.07, 6.45) is -2.27. The van der Waals surface area contributed by atoms with Crippen LogP contribution in [-0.4, -0.2) is 26.5 Å². The summed E-state index contributed by atoms with van der Waals surface area (Å²) in [5, 5.41) is 12.9. The number of alkyl halides is 3. The highest BCUT2D eigenvalue weighted by atomic mass is 35.5. The second-order valence-corrected chi connectivity index (χ2v) is 6.41. The first kappa shape index (κ1) is 19.7. The Labute approximate surface area is 171 Å². The minimum atomic E-state index is -4.88. The normalized spacial score (nSPS) is 11.5. The fraction of sp³-hybridized carbons (Fsp3) is 0.0556. The van der Waals surface area contributed by atoms with Gasteiger partial charge in [0.1, 0.15) is 5.75 Å².